The van der Waals surface area contributed by atoms with Gasteiger partial charge < -0.3 is 10.2 Å². The van der Waals surface area contributed by atoms with Gasteiger partial charge in [-0.15, -0.1) is 0 Å². The van der Waals surface area contributed by atoms with Crippen molar-refractivity contribution in [3.05, 3.63) is 18.2 Å². The summed E-state index contributed by atoms with van der Waals surface area (Å²) in [5, 5.41) is 10.7. The van der Waals surface area contributed by atoms with Crippen LogP contribution in [0, 0.1) is 0 Å². The molecule has 0 aliphatic heterocycles. The number of oxime groups is 1. The van der Waals surface area contributed by atoms with Crippen LogP contribution in [0.15, 0.2) is 17.7 Å². The standard InChI is InChI=1S/C4H5N3O/c8-7-2-4-1-5-3-6-4/h1-3,8H,(H,5,6)/b7-2-. The Kier molecular flexibility index (Phi) is 1.27. The number of nitrogens with one attached hydrogen (secondary N) is 1. The van der Waals surface area contributed by atoms with Crippen molar-refractivity contribution >= 4 is 6.21 Å². The lowest BCUT2D eigenvalue weighted by molar-refractivity contribution is 0.321. The number of hydrogen-bond acceptors (Lipinski definition) is 3. The quantitative estimate of drug-likeness (QED) is 0.309. The van der Waals surface area contributed by atoms with Crippen molar-refractivity contribution in [1.82, 2.24) is 9.97 Å². The molecule has 0 aromatic carbocycles. The Morgan fingerprint density at radius 1 is 1.88 bits per heavy atom. The summed E-state index contributed by atoms with van der Waals surface area (Å²) >= 11 is 0. The average Bonchev–Trinajstić information content (AvgIpc) is 2.19. The molecule has 4 heteroatoms. The van der Waals surface area contributed by atoms with Crippen molar-refractivity contribution < 1.29 is 5.21 Å². The fourth-order valence-corrected chi connectivity index (χ4v) is 0.399. The Morgan fingerprint density at radius 2 is 2.75 bits per heavy atom. The second-order valence-corrected chi connectivity index (χ2v) is 1.25. The minimum absolute atomic E-state index is 0.688. The maximum absolute atomic E-state index is 7.96. The molecule has 42 valence electrons. The molecule has 0 unspecified atom stereocenters. The van der Waals surface area contributed by atoms with Crippen LogP contribution in [0.4, 0.5) is 0 Å². The van der Waals surface area contributed by atoms with E-state index in [9.17, 15) is 0 Å². The number of H-pyrrole nitrogens is 1. The van der Waals surface area contributed by atoms with Gasteiger partial charge in [-0.3, -0.25) is 0 Å². The Bertz CT molecular complexity index is 167. The lowest BCUT2D eigenvalue weighted by atomic mass is 10.5. The highest BCUT2D eigenvalue weighted by molar-refractivity contribution is 5.75. The van der Waals surface area contributed by atoms with Gasteiger partial charge in [-0.1, -0.05) is 5.16 Å². The highest BCUT2D eigenvalue weighted by Gasteiger charge is 1.82. The molecule has 2 N–H and O–H groups in total. The molecule has 0 bridgehead atoms. The van der Waals surface area contributed by atoms with Crippen molar-refractivity contribution in [3.8, 4) is 0 Å². The Balaban J connectivity index is 2.77. The highest BCUT2D eigenvalue weighted by atomic mass is 16.4. The lowest BCUT2D eigenvalue weighted by Crippen LogP contribution is -1.76. The van der Waals surface area contributed by atoms with E-state index in [2.05, 4.69) is 15.1 Å². The van der Waals surface area contributed by atoms with E-state index in [0.29, 0.717) is 5.69 Å². The normalized spacial score (nSPS) is 10.5. The number of imidazole rings is 1. The first-order chi connectivity index (χ1) is 3.93. The second kappa shape index (κ2) is 2.11. The third-order valence-electron chi connectivity index (χ3n) is 0.716. The number of aromatic nitrogens is 2. The molecule has 0 aliphatic carbocycles. The van der Waals surface area contributed by atoms with Crippen LogP contribution in [0.25, 0.3) is 0 Å². The highest BCUT2D eigenvalue weighted by Crippen LogP contribution is 1.82. The second-order valence-electron chi connectivity index (χ2n) is 1.25. The molecule has 0 amide bonds. The van der Waals surface area contributed by atoms with E-state index in [1.54, 1.807) is 6.20 Å². The van der Waals surface area contributed by atoms with Crippen LogP contribution in [0.3, 0.4) is 0 Å². The van der Waals surface area contributed by atoms with Crippen LogP contribution in [-0.4, -0.2) is 21.4 Å². The maximum atomic E-state index is 7.96. The van der Waals surface area contributed by atoms with E-state index in [1.807, 2.05) is 0 Å². The SMILES string of the molecule is O/N=C\c1cnc[nH]1. The molecule has 4 nitrogen and oxygen atoms in total. The zero-order valence-electron chi connectivity index (χ0n) is 4.07. The van der Waals surface area contributed by atoms with E-state index in [-0.39, 0.29) is 0 Å². The first-order valence-electron chi connectivity index (χ1n) is 2.09. The van der Waals surface area contributed by atoms with E-state index < -0.39 is 0 Å². The summed E-state index contributed by atoms with van der Waals surface area (Å²) in [4.78, 5) is 6.40. The van der Waals surface area contributed by atoms with E-state index >= 15 is 0 Å². The van der Waals surface area contributed by atoms with Gasteiger partial charge in [0, 0.05) is 0 Å². The number of nitrogens with zero attached hydrogens (tertiary/aromatic N) is 2. The molecule has 0 saturated heterocycles. The fraction of sp³-hybridized carbons (Fsp3) is 0. The smallest absolute Gasteiger partial charge is 0.0924 e. The summed E-state index contributed by atoms with van der Waals surface area (Å²) in [6.45, 7) is 0. The summed E-state index contributed by atoms with van der Waals surface area (Å²) in [5.74, 6) is 0. The molecule has 1 rings (SSSR count). The first-order valence-corrected chi connectivity index (χ1v) is 2.09. The molecule has 1 aromatic rings. The molecular formula is C4H5N3O. The Morgan fingerprint density at radius 3 is 3.25 bits per heavy atom. The summed E-state index contributed by atoms with van der Waals surface area (Å²) in [5.41, 5.74) is 0.688. The summed E-state index contributed by atoms with van der Waals surface area (Å²) in [6, 6.07) is 0. The first kappa shape index (κ1) is 4.83. The van der Waals surface area contributed by atoms with E-state index in [4.69, 9.17) is 5.21 Å². The number of aromatic amines is 1. The van der Waals surface area contributed by atoms with Crippen LogP contribution >= 0.6 is 0 Å². The predicted molar refractivity (Wildman–Crippen MR) is 28.0 cm³/mol. The van der Waals surface area contributed by atoms with E-state index in [0.717, 1.165) is 0 Å². The van der Waals surface area contributed by atoms with Crippen LogP contribution in [0.5, 0.6) is 0 Å². The fourth-order valence-electron chi connectivity index (χ4n) is 0.399. The Labute approximate surface area is 45.9 Å². The van der Waals surface area contributed by atoms with Crippen LogP contribution in [0.1, 0.15) is 5.69 Å². The summed E-state index contributed by atoms with van der Waals surface area (Å²) in [7, 11) is 0. The van der Waals surface area contributed by atoms with Crippen molar-refractivity contribution in [2.45, 2.75) is 0 Å². The summed E-state index contributed by atoms with van der Waals surface area (Å²) in [6.07, 6.45) is 4.34. The Hall–Kier alpha value is -1.32. The molecule has 8 heavy (non-hydrogen) atoms. The zero-order chi connectivity index (χ0) is 5.82. The molecule has 1 heterocycles. The van der Waals surface area contributed by atoms with Crippen LogP contribution in [-0.2, 0) is 0 Å². The molecule has 0 atom stereocenters. The molecule has 0 fully saturated rings. The van der Waals surface area contributed by atoms with Crippen LogP contribution < -0.4 is 0 Å². The van der Waals surface area contributed by atoms with Crippen molar-refractivity contribution in [1.29, 1.82) is 0 Å². The topological polar surface area (TPSA) is 61.3 Å². The average molecular weight is 111 g/mol. The van der Waals surface area contributed by atoms with E-state index in [1.165, 1.54) is 12.5 Å². The van der Waals surface area contributed by atoms with Gasteiger partial charge in [-0.25, -0.2) is 4.98 Å². The van der Waals surface area contributed by atoms with Gasteiger partial charge in [0.15, 0.2) is 0 Å². The van der Waals surface area contributed by atoms with Gasteiger partial charge in [-0.05, 0) is 0 Å². The minimum Gasteiger partial charge on any atom is -0.411 e. The molecule has 1 aromatic heterocycles. The largest absolute Gasteiger partial charge is 0.411 e. The minimum atomic E-state index is 0.688. The van der Waals surface area contributed by atoms with Gasteiger partial charge >= 0.3 is 0 Å². The molecule has 0 saturated carbocycles. The zero-order valence-corrected chi connectivity index (χ0v) is 4.07. The van der Waals surface area contributed by atoms with Crippen molar-refractivity contribution in [2.24, 2.45) is 5.16 Å². The van der Waals surface area contributed by atoms with Gasteiger partial charge in [-0.2, -0.15) is 0 Å². The van der Waals surface area contributed by atoms with Crippen molar-refractivity contribution in [2.75, 3.05) is 0 Å². The predicted octanol–water partition coefficient (Wildman–Crippen LogP) is 0.218. The maximum Gasteiger partial charge on any atom is 0.0924 e. The van der Waals surface area contributed by atoms with Gasteiger partial charge in [0.1, 0.15) is 0 Å². The third-order valence-corrected chi connectivity index (χ3v) is 0.716. The van der Waals surface area contributed by atoms with Gasteiger partial charge in [0.05, 0.1) is 24.4 Å². The molecule has 0 spiro atoms. The van der Waals surface area contributed by atoms with Gasteiger partial charge in [0.2, 0.25) is 0 Å². The molecule has 0 radical (unpaired) electrons. The van der Waals surface area contributed by atoms with Crippen molar-refractivity contribution in [3.63, 3.8) is 0 Å². The third kappa shape index (κ3) is 0.841. The summed E-state index contributed by atoms with van der Waals surface area (Å²) < 4.78 is 0. The van der Waals surface area contributed by atoms with Gasteiger partial charge in [0.25, 0.3) is 0 Å². The molecular weight excluding hydrogens is 106 g/mol. The number of hydrogen-bond donors (Lipinski definition) is 2. The molecule has 0 aliphatic rings. The lowest BCUT2D eigenvalue weighted by Gasteiger charge is -1.74. The number of rotatable bonds is 1. The van der Waals surface area contributed by atoms with Crippen LogP contribution in [0.2, 0.25) is 0 Å². The monoisotopic (exact) mass is 111 g/mol.